The summed E-state index contributed by atoms with van der Waals surface area (Å²) in [6.07, 6.45) is 3.38. The minimum Gasteiger partial charge on any atom is -0.388 e. The molecule has 72 valence electrons. The van der Waals surface area contributed by atoms with Crippen LogP contribution >= 0.6 is 0 Å². The summed E-state index contributed by atoms with van der Waals surface area (Å²) < 4.78 is 7.28. The van der Waals surface area contributed by atoms with E-state index in [0.29, 0.717) is 6.10 Å². The molecule has 1 aliphatic heterocycles. The molecule has 0 aliphatic carbocycles. The third-order valence-corrected chi connectivity index (χ3v) is 2.31. The molecule has 0 bridgehead atoms. The lowest BCUT2D eigenvalue weighted by Crippen LogP contribution is -2.31. The zero-order valence-electron chi connectivity index (χ0n) is 7.73. The monoisotopic (exact) mass is 182 g/mol. The van der Waals surface area contributed by atoms with Gasteiger partial charge in [0.25, 0.3) is 0 Å². The van der Waals surface area contributed by atoms with E-state index < -0.39 is 0 Å². The number of aryl methyl sites for hydroxylation is 1. The molecule has 0 amide bonds. The number of aromatic nitrogens is 2. The first-order chi connectivity index (χ1) is 6.29. The van der Waals surface area contributed by atoms with Crippen molar-refractivity contribution in [3.8, 4) is 0 Å². The van der Waals surface area contributed by atoms with Gasteiger partial charge in [-0.2, -0.15) is 0 Å². The average Bonchev–Trinajstić information content (AvgIpc) is 2.38. The van der Waals surface area contributed by atoms with Crippen molar-refractivity contribution in [2.24, 2.45) is 0 Å². The van der Waals surface area contributed by atoms with Crippen LogP contribution in [0.3, 0.4) is 0 Å². The first-order valence-electron chi connectivity index (χ1n) is 4.54. The van der Waals surface area contributed by atoms with Crippen LogP contribution in [0.2, 0.25) is 0 Å². The van der Waals surface area contributed by atoms with Gasteiger partial charge in [0.1, 0.15) is 12.4 Å². The van der Waals surface area contributed by atoms with Gasteiger partial charge in [-0.05, 0) is 13.3 Å². The summed E-state index contributed by atoms with van der Waals surface area (Å²) in [5, 5.41) is 9.01. The fourth-order valence-electron chi connectivity index (χ4n) is 1.53. The van der Waals surface area contributed by atoms with E-state index in [-0.39, 0.29) is 6.61 Å². The Labute approximate surface area is 77.2 Å². The first kappa shape index (κ1) is 8.72. The summed E-state index contributed by atoms with van der Waals surface area (Å²) in [5.74, 6) is 0.730. The Morgan fingerprint density at radius 3 is 3.08 bits per heavy atom. The molecule has 4 nitrogen and oxygen atoms in total. The van der Waals surface area contributed by atoms with Crippen LogP contribution in [0.5, 0.6) is 0 Å². The molecule has 1 aromatic rings. The van der Waals surface area contributed by atoms with E-state index in [9.17, 15) is 0 Å². The SMILES string of the molecule is Cc1cn(C[C@@H]2CCO2)c(CO)n1. The van der Waals surface area contributed by atoms with E-state index in [2.05, 4.69) is 4.98 Å². The topological polar surface area (TPSA) is 47.3 Å². The molecule has 2 rings (SSSR count). The molecule has 1 saturated heterocycles. The van der Waals surface area contributed by atoms with Crippen molar-refractivity contribution < 1.29 is 9.84 Å². The Bertz CT molecular complexity index is 292. The molecule has 0 aromatic carbocycles. The molecule has 2 heterocycles. The Morgan fingerprint density at radius 1 is 1.77 bits per heavy atom. The second kappa shape index (κ2) is 3.47. The standard InChI is InChI=1S/C9H14N2O2/c1-7-4-11(9(6-12)10-7)5-8-2-3-13-8/h4,8,12H,2-3,5-6H2,1H3/t8-/m0/s1. The van der Waals surface area contributed by atoms with Crippen LogP contribution in [0.25, 0.3) is 0 Å². The molecule has 1 fully saturated rings. The summed E-state index contributed by atoms with van der Waals surface area (Å²) in [6.45, 7) is 3.61. The smallest absolute Gasteiger partial charge is 0.134 e. The van der Waals surface area contributed by atoms with Crippen LogP contribution in [0.1, 0.15) is 17.9 Å². The fourth-order valence-corrected chi connectivity index (χ4v) is 1.53. The number of rotatable bonds is 3. The lowest BCUT2D eigenvalue weighted by atomic mass is 10.2. The number of hydrogen-bond donors (Lipinski definition) is 1. The first-order valence-corrected chi connectivity index (χ1v) is 4.54. The van der Waals surface area contributed by atoms with Gasteiger partial charge < -0.3 is 14.4 Å². The Hall–Kier alpha value is -0.870. The predicted octanol–water partition coefficient (Wildman–Crippen LogP) is 0.473. The van der Waals surface area contributed by atoms with Gasteiger partial charge in [0.05, 0.1) is 18.3 Å². The molecule has 1 N–H and O–H groups in total. The molecule has 1 atom stereocenters. The molecule has 0 saturated carbocycles. The molecule has 0 unspecified atom stereocenters. The third-order valence-electron chi connectivity index (χ3n) is 2.31. The Kier molecular flexibility index (Phi) is 2.33. The van der Waals surface area contributed by atoms with Gasteiger partial charge >= 0.3 is 0 Å². The Morgan fingerprint density at radius 2 is 2.54 bits per heavy atom. The summed E-state index contributed by atoms with van der Waals surface area (Å²) in [7, 11) is 0. The van der Waals surface area contributed by atoms with Gasteiger partial charge in [-0.25, -0.2) is 4.98 Å². The van der Waals surface area contributed by atoms with Crippen LogP contribution in [-0.2, 0) is 17.9 Å². The molecule has 1 aromatic heterocycles. The van der Waals surface area contributed by atoms with E-state index >= 15 is 0 Å². The van der Waals surface area contributed by atoms with Gasteiger partial charge in [0.15, 0.2) is 0 Å². The number of aliphatic hydroxyl groups excluding tert-OH is 1. The average molecular weight is 182 g/mol. The number of aliphatic hydroxyl groups is 1. The van der Waals surface area contributed by atoms with Gasteiger partial charge in [0, 0.05) is 12.8 Å². The highest BCUT2D eigenvalue weighted by Crippen LogP contribution is 2.14. The third kappa shape index (κ3) is 1.73. The summed E-state index contributed by atoms with van der Waals surface area (Å²) in [4.78, 5) is 4.20. The van der Waals surface area contributed by atoms with E-state index in [1.165, 1.54) is 0 Å². The Balaban J connectivity index is 2.08. The molecular weight excluding hydrogens is 168 g/mol. The lowest BCUT2D eigenvalue weighted by Gasteiger charge is -2.27. The fraction of sp³-hybridized carbons (Fsp3) is 0.667. The van der Waals surface area contributed by atoms with Gasteiger partial charge in [0.2, 0.25) is 0 Å². The van der Waals surface area contributed by atoms with Crippen molar-refractivity contribution in [3.63, 3.8) is 0 Å². The zero-order chi connectivity index (χ0) is 9.26. The number of imidazole rings is 1. The van der Waals surface area contributed by atoms with Crippen molar-refractivity contribution in [2.45, 2.75) is 32.6 Å². The highest BCUT2D eigenvalue weighted by molar-refractivity contribution is 5.01. The second-order valence-corrected chi connectivity index (χ2v) is 3.39. The van der Waals surface area contributed by atoms with Crippen molar-refractivity contribution in [3.05, 3.63) is 17.7 Å². The van der Waals surface area contributed by atoms with Gasteiger partial charge in [-0.15, -0.1) is 0 Å². The quantitative estimate of drug-likeness (QED) is 0.739. The van der Waals surface area contributed by atoms with E-state index in [1.54, 1.807) is 0 Å². The molecule has 0 radical (unpaired) electrons. The lowest BCUT2D eigenvalue weighted by molar-refractivity contribution is -0.0598. The number of ether oxygens (including phenoxy) is 1. The highest BCUT2D eigenvalue weighted by atomic mass is 16.5. The summed E-state index contributed by atoms with van der Waals surface area (Å²) in [6, 6.07) is 0. The van der Waals surface area contributed by atoms with Crippen LogP contribution in [0, 0.1) is 6.92 Å². The maximum absolute atomic E-state index is 9.01. The predicted molar refractivity (Wildman–Crippen MR) is 47.2 cm³/mol. The van der Waals surface area contributed by atoms with Gasteiger partial charge in [-0.1, -0.05) is 0 Å². The van der Waals surface area contributed by atoms with Crippen molar-refractivity contribution in [1.82, 2.24) is 9.55 Å². The molecule has 4 heteroatoms. The van der Waals surface area contributed by atoms with Crippen molar-refractivity contribution in [1.29, 1.82) is 0 Å². The van der Waals surface area contributed by atoms with Crippen LogP contribution in [-0.4, -0.2) is 27.4 Å². The van der Waals surface area contributed by atoms with Crippen molar-refractivity contribution >= 4 is 0 Å². The van der Waals surface area contributed by atoms with E-state index in [0.717, 1.165) is 31.1 Å². The maximum Gasteiger partial charge on any atom is 0.134 e. The summed E-state index contributed by atoms with van der Waals surface area (Å²) in [5.41, 5.74) is 0.948. The van der Waals surface area contributed by atoms with E-state index in [1.807, 2.05) is 17.7 Å². The van der Waals surface area contributed by atoms with E-state index in [4.69, 9.17) is 9.84 Å². The van der Waals surface area contributed by atoms with Crippen LogP contribution < -0.4 is 0 Å². The largest absolute Gasteiger partial charge is 0.388 e. The van der Waals surface area contributed by atoms with Crippen LogP contribution in [0.15, 0.2) is 6.20 Å². The maximum atomic E-state index is 9.01. The molecule has 0 spiro atoms. The molecule has 13 heavy (non-hydrogen) atoms. The highest BCUT2D eigenvalue weighted by Gasteiger charge is 2.19. The van der Waals surface area contributed by atoms with Gasteiger partial charge in [-0.3, -0.25) is 0 Å². The normalized spacial score (nSPS) is 21.5. The van der Waals surface area contributed by atoms with Crippen molar-refractivity contribution in [2.75, 3.05) is 6.61 Å². The minimum atomic E-state index is 0.000556. The minimum absolute atomic E-state index is 0.000556. The number of hydrogen-bond acceptors (Lipinski definition) is 3. The second-order valence-electron chi connectivity index (χ2n) is 3.39. The zero-order valence-corrected chi connectivity index (χ0v) is 7.73. The number of nitrogens with zero attached hydrogens (tertiary/aromatic N) is 2. The summed E-state index contributed by atoms with van der Waals surface area (Å²) >= 11 is 0. The molecule has 1 aliphatic rings. The molecular formula is C9H14N2O2. The van der Waals surface area contributed by atoms with Crippen LogP contribution in [0.4, 0.5) is 0 Å².